The molecule has 2 heterocycles. The third-order valence-corrected chi connectivity index (χ3v) is 5.07. The van der Waals surface area contributed by atoms with Crippen molar-refractivity contribution >= 4 is 28.7 Å². The summed E-state index contributed by atoms with van der Waals surface area (Å²) in [6.07, 6.45) is 7.31. The molecule has 0 saturated heterocycles. The van der Waals surface area contributed by atoms with Crippen LogP contribution in [0.25, 0.3) is 16.2 Å². The Kier molecular flexibility index (Phi) is 3.57. The number of nitrogens with zero attached hydrogens (tertiary/aromatic N) is 2. The van der Waals surface area contributed by atoms with Crippen molar-refractivity contribution in [3.05, 3.63) is 46.6 Å². The third-order valence-electron chi connectivity index (χ3n) is 3.92. The predicted octanol–water partition coefficient (Wildman–Crippen LogP) is 4.67. The Bertz CT molecular complexity index is 740. The molecule has 0 aliphatic heterocycles. The standard InChI is InChI=1S/C16H16N2S.ClH/c1-11-6-8-12(9-7-11)13-10-18-14-4-2-3-5-15(14)19-16(18)17-13;/h6-10H,2-5H2,1H3;1H. The van der Waals surface area contributed by atoms with E-state index in [2.05, 4.69) is 41.8 Å². The number of aromatic nitrogens is 2. The van der Waals surface area contributed by atoms with Gasteiger partial charge in [0.1, 0.15) is 0 Å². The molecule has 0 radical (unpaired) electrons. The van der Waals surface area contributed by atoms with Gasteiger partial charge in [-0.3, -0.25) is 4.40 Å². The second-order valence-electron chi connectivity index (χ2n) is 5.32. The lowest BCUT2D eigenvalue weighted by molar-refractivity contribution is 0.674. The molecule has 0 bridgehead atoms. The van der Waals surface area contributed by atoms with Gasteiger partial charge in [0.25, 0.3) is 0 Å². The highest BCUT2D eigenvalue weighted by Gasteiger charge is 2.17. The molecule has 0 atom stereocenters. The smallest absolute Gasteiger partial charge is 0.194 e. The van der Waals surface area contributed by atoms with E-state index in [9.17, 15) is 0 Å². The van der Waals surface area contributed by atoms with Crippen LogP contribution in [0.15, 0.2) is 30.5 Å². The maximum atomic E-state index is 4.80. The molecule has 1 aromatic carbocycles. The van der Waals surface area contributed by atoms with Crippen molar-refractivity contribution in [2.24, 2.45) is 0 Å². The first-order valence-corrected chi connectivity index (χ1v) is 7.69. The van der Waals surface area contributed by atoms with Gasteiger partial charge in [-0.1, -0.05) is 29.8 Å². The number of halogens is 1. The first-order valence-electron chi connectivity index (χ1n) is 6.88. The van der Waals surface area contributed by atoms with Crippen molar-refractivity contribution in [3.63, 3.8) is 0 Å². The van der Waals surface area contributed by atoms with E-state index in [-0.39, 0.29) is 12.4 Å². The Morgan fingerprint density at radius 3 is 2.65 bits per heavy atom. The summed E-state index contributed by atoms with van der Waals surface area (Å²) in [5.41, 5.74) is 5.10. The first-order chi connectivity index (χ1) is 9.31. The molecule has 0 unspecified atom stereocenters. The van der Waals surface area contributed by atoms with Crippen LogP contribution in [-0.2, 0) is 12.8 Å². The van der Waals surface area contributed by atoms with Crippen LogP contribution >= 0.6 is 23.7 Å². The maximum Gasteiger partial charge on any atom is 0.194 e. The van der Waals surface area contributed by atoms with E-state index in [0.29, 0.717) is 0 Å². The Balaban J connectivity index is 0.00000121. The first kappa shape index (κ1) is 13.7. The van der Waals surface area contributed by atoms with Gasteiger partial charge in [-0.25, -0.2) is 4.98 Å². The van der Waals surface area contributed by atoms with Crippen LogP contribution in [0.3, 0.4) is 0 Å². The Hall–Kier alpha value is -1.32. The Morgan fingerprint density at radius 1 is 1.10 bits per heavy atom. The molecule has 3 aromatic rings. The van der Waals surface area contributed by atoms with Crippen LogP contribution in [0.1, 0.15) is 29.0 Å². The van der Waals surface area contributed by atoms with Gasteiger partial charge in [0.15, 0.2) is 4.96 Å². The van der Waals surface area contributed by atoms with Crippen LogP contribution in [-0.4, -0.2) is 9.38 Å². The molecule has 1 aliphatic rings. The number of benzene rings is 1. The fourth-order valence-electron chi connectivity index (χ4n) is 2.83. The fraction of sp³-hybridized carbons (Fsp3) is 0.312. The van der Waals surface area contributed by atoms with E-state index in [1.54, 1.807) is 4.88 Å². The summed E-state index contributed by atoms with van der Waals surface area (Å²) >= 11 is 1.87. The molecule has 0 N–H and O–H groups in total. The highest BCUT2D eigenvalue weighted by atomic mass is 35.5. The second-order valence-corrected chi connectivity index (χ2v) is 6.39. The molecule has 2 aromatic heterocycles. The summed E-state index contributed by atoms with van der Waals surface area (Å²) in [6.45, 7) is 2.12. The largest absolute Gasteiger partial charge is 0.294 e. The summed E-state index contributed by atoms with van der Waals surface area (Å²) in [5, 5.41) is 0. The van der Waals surface area contributed by atoms with Crippen LogP contribution < -0.4 is 0 Å². The Labute approximate surface area is 128 Å². The van der Waals surface area contributed by atoms with Crippen molar-refractivity contribution < 1.29 is 0 Å². The highest BCUT2D eigenvalue weighted by molar-refractivity contribution is 7.17. The van der Waals surface area contributed by atoms with Gasteiger partial charge in [-0.2, -0.15) is 0 Å². The van der Waals surface area contributed by atoms with E-state index in [1.165, 1.54) is 42.5 Å². The van der Waals surface area contributed by atoms with Crippen molar-refractivity contribution in [2.75, 3.05) is 0 Å². The van der Waals surface area contributed by atoms with Crippen molar-refractivity contribution in [3.8, 4) is 11.3 Å². The molecular formula is C16H17ClN2S. The van der Waals surface area contributed by atoms with Crippen molar-refractivity contribution in [1.82, 2.24) is 9.38 Å². The number of hydrogen-bond acceptors (Lipinski definition) is 2. The van der Waals surface area contributed by atoms with Gasteiger partial charge in [0.05, 0.1) is 5.69 Å². The van der Waals surface area contributed by atoms with E-state index < -0.39 is 0 Å². The van der Waals surface area contributed by atoms with Gasteiger partial charge in [0.2, 0.25) is 0 Å². The minimum atomic E-state index is 0. The topological polar surface area (TPSA) is 17.3 Å². The fourth-order valence-corrected chi connectivity index (χ4v) is 4.02. The molecule has 0 fully saturated rings. The number of thiazole rings is 1. The zero-order valence-corrected chi connectivity index (χ0v) is 13.1. The SMILES string of the molecule is Cc1ccc(-c2cn3c4c(sc3n2)CCCC4)cc1.Cl. The molecule has 2 nitrogen and oxygen atoms in total. The summed E-state index contributed by atoms with van der Waals surface area (Å²) in [7, 11) is 0. The molecule has 0 amide bonds. The molecule has 4 rings (SSSR count). The molecule has 20 heavy (non-hydrogen) atoms. The number of imidazole rings is 1. The zero-order chi connectivity index (χ0) is 12.8. The van der Waals surface area contributed by atoms with Gasteiger partial charge in [-0.15, -0.1) is 23.7 Å². The second kappa shape index (κ2) is 5.23. The number of aryl methyl sites for hydroxylation is 3. The predicted molar refractivity (Wildman–Crippen MR) is 87.1 cm³/mol. The normalized spacial score (nSPS) is 14.1. The molecule has 4 heteroatoms. The van der Waals surface area contributed by atoms with E-state index in [1.807, 2.05) is 11.3 Å². The van der Waals surface area contributed by atoms with Crippen LogP contribution in [0.5, 0.6) is 0 Å². The molecular weight excluding hydrogens is 288 g/mol. The highest BCUT2D eigenvalue weighted by Crippen LogP contribution is 2.32. The van der Waals surface area contributed by atoms with E-state index in [4.69, 9.17) is 4.98 Å². The minimum Gasteiger partial charge on any atom is -0.294 e. The lowest BCUT2D eigenvalue weighted by atomic mass is 10.0. The summed E-state index contributed by atoms with van der Waals surface area (Å²) in [4.78, 5) is 7.50. The third kappa shape index (κ3) is 2.15. The lowest BCUT2D eigenvalue weighted by Gasteiger charge is -2.09. The van der Waals surface area contributed by atoms with E-state index >= 15 is 0 Å². The summed E-state index contributed by atoms with van der Waals surface area (Å²) < 4.78 is 2.31. The summed E-state index contributed by atoms with van der Waals surface area (Å²) in [5.74, 6) is 0. The van der Waals surface area contributed by atoms with Crippen LogP contribution in [0.4, 0.5) is 0 Å². The van der Waals surface area contributed by atoms with Crippen molar-refractivity contribution in [2.45, 2.75) is 32.6 Å². The number of fused-ring (bicyclic) bond motifs is 3. The Morgan fingerprint density at radius 2 is 1.85 bits per heavy atom. The van der Waals surface area contributed by atoms with Gasteiger partial charge >= 0.3 is 0 Å². The van der Waals surface area contributed by atoms with Crippen molar-refractivity contribution in [1.29, 1.82) is 0 Å². The lowest BCUT2D eigenvalue weighted by Crippen LogP contribution is -2.01. The van der Waals surface area contributed by atoms with E-state index in [0.717, 1.165) is 10.7 Å². The maximum absolute atomic E-state index is 4.80. The van der Waals surface area contributed by atoms with Crippen LogP contribution in [0, 0.1) is 6.92 Å². The molecule has 0 saturated carbocycles. The minimum absolute atomic E-state index is 0. The van der Waals surface area contributed by atoms with Crippen LogP contribution in [0.2, 0.25) is 0 Å². The average molecular weight is 305 g/mol. The number of hydrogen-bond donors (Lipinski definition) is 0. The van der Waals surface area contributed by atoms with Gasteiger partial charge < -0.3 is 0 Å². The van der Waals surface area contributed by atoms with Gasteiger partial charge in [0, 0.05) is 22.3 Å². The molecule has 0 spiro atoms. The monoisotopic (exact) mass is 304 g/mol. The quantitative estimate of drug-likeness (QED) is 0.638. The molecule has 1 aliphatic carbocycles. The number of rotatable bonds is 1. The molecule has 104 valence electrons. The summed E-state index contributed by atoms with van der Waals surface area (Å²) in [6, 6.07) is 8.62. The van der Waals surface area contributed by atoms with Gasteiger partial charge in [-0.05, 0) is 32.6 Å². The zero-order valence-electron chi connectivity index (χ0n) is 11.4. The average Bonchev–Trinajstić information content (AvgIpc) is 2.97.